The number of rotatable bonds is 4. The summed E-state index contributed by atoms with van der Waals surface area (Å²) in [7, 11) is 0. The Hall–Kier alpha value is -2.53. The molecule has 9 heteroatoms. The van der Waals surface area contributed by atoms with Gasteiger partial charge in [0.05, 0.1) is 11.8 Å². The summed E-state index contributed by atoms with van der Waals surface area (Å²) in [5, 5.41) is 42.7. The number of aryl methyl sites for hydroxylation is 1. The number of hydrogen-bond donors (Lipinski definition) is 6. The highest BCUT2D eigenvalue weighted by atomic mass is 16.8. The Balaban J connectivity index is 2.20. The molecule has 2 amide bonds. The van der Waals surface area contributed by atoms with E-state index in [0.717, 1.165) is 17.2 Å². The van der Waals surface area contributed by atoms with Crippen LogP contribution in [0.2, 0.25) is 0 Å². The number of carbonyl (C=O) groups is 1. The molecule has 0 fully saturated rings. The van der Waals surface area contributed by atoms with E-state index in [4.69, 9.17) is 10.4 Å². The van der Waals surface area contributed by atoms with E-state index in [2.05, 4.69) is 10.6 Å². The first-order valence-electron chi connectivity index (χ1n) is 7.04. The van der Waals surface area contributed by atoms with E-state index >= 15 is 0 Å². The average Bonchev–Trinajstić information content (AvgIpc) is 2.51. The van der Waals surface area contributed by atoms with Crippen LogP contribution in [0.25, 0.3) is 0 Å². The molecule has 2 aromatic carbocycles. The van der Waals surface area contributed by atoms with Gasteiger partial charge in [0, 0.05) is 17.8 Å². The molecule has 0 radical (unpaired) electrons. The third-order valence-electron chi connectivity index (χ3n) is 3.54. The minimum absolute atomic E-state index is 0.0788. The summed E-state index contributed by atoms with van der Waals surface area (Å²) in [6.45, 7) is 3.77. The van der Waals surface area contributed by atoms with Crippen LogP contribution in [0, 0.1) is 24.3 Å². The predicted molar refractivity (Wildman–Crippen MR) is 86.6 cm³/mol. The first-order valence-corrected chi connectivity index (χ1v) is 7.04. The van der Waals surface area contributed by atoms with E-state index in [1.807, 2.05) is 19.9 Å². The van der Waals surface area contributed by atoms with E-state index in [1.54, 1.807) is 12.1 Å². The van der Waals surface area contributed by atoms with E-state index in [9.17, 15) is 15.2 Å². The topological polar surface area (TPSA) is 137 Å². The fourth-order valence-electron chi connectivity index (χ4n) is 2.12. The lowest BCUT2D eigenvalue weighted by molar-refractivity contribution is -0.996. The Morgan fingerprint density at radius 1 is 1.00 bits per heavy atom. The Kier molecular flexibility index (Phi) is 5.46. The quantitative estimate of drug-likeness (QED) is 0.459. The molecular formula is C15H18N4O5. The Bertz CT molecular complexity index is 722. The third kappa shape index (κ3) is 4.26. The van der Waals surface area contributed by atoms with Gasteiger partial charge in [-0.15, -0.1) is 0 Å². The van der Waals surface area contributed by atoms with E-state index in [-0.39, 0.29) is 17.1 Å². The van der Waals surface area contributed by atoms with Gasteiger partial charge in [-0.25, -0.2) is 15.2 Å². The van der Waals surface area contributed by atoms with Crippen LogP contribution >= 0.6 is 0 Å². The molecule has 2 unspecified atom stereocenters. The van der Waals surface area contributed by atoms with Gasteiger partial charge in [-0.2, -0.15) is 10.5 Å². The molecule has 0 saturated heterocycles. The summed E-state index contributed by atoms with van der Waals surface area (Å²) >= 11 is 0. The van der Waals surface area contributed by atoms with E-state index in [1.165, 1.54) is 12.1 Å². The highest BCUT2D eigenvalue weighted by Crippen LogP contribution is 2.20. The second-order valence-electron chi connectivity index (χ2n) is 5.24. The van der Waals surface area contributed by atoms with Crippen molar-refractivity contribution in [2.75, 3.05) is 10.6 Å². The van der Waals surface area contributed by atoms with Crippen LogP contribution in [0.15, 0.2) is 36.4 Å². The maximum absolute atomic E-state index is 12.1. The maximum atomic E-state index is 12.1. The summed E-state index contributed by atoms with van der Waals surface area (Å²) in [5.41, 5.74) is 2.15. The van der Waals surface area contributed by atoms with Crippen LogP contribution in [0.3, 0.4) is 0 Å². The molecule has 2 aromatic rings. The second-order valence-corrected chi connectivity index (χ2v) is 5.24. The molecule has 0 aliphatic carbocycles. The summed E-state index contributed by atoms with van der Waals surface area (Å²) in [4.78, 5) is 12.1. The molecule has 0 aliphatic rings. The number of urea groups is 1. The van der Waals surface area contributed by atoms with Gasteiger partial charge < -0.3 is 21.0 Å². The molecule has 6 N–H and O–H groups in total. The number of quaternary nitrogens is 2. The lowest BCUT2D eigenvalue weighted by Gasteiger charge is -2.17. The Morgan fingerprint density at radius 2 is 1.58 bits per heavy atom. The first-order chi connectivity index (χ1) is 11.3. The number of benzene rings is 2. The minimum atomic E-state index is -1.28. The zero-order valence-corrected chi connectivity index (χ0v) is 13.1. The monoisotopic (exact) mass is 334 g/mol. The Morgan fingerprint density at radius 3 is 2.12 bits per heavy atom. The molecule has 0 aliphatic heterocycles. The smallest absolute Gasteiger partial charge is 0.323 e. The number of carbonyl (C=O) groups excluding carboxylic acids is 1. The molecule has 0 bridgehead atoms. The predicted octanol–water partition coefficient (Wildman–Crippen LogP) is 0.754. The van der Waals surface area contributed by atoms with Crippen molar-refractivity contribution in [3.05, 3.63) is 57.9 Å². The number of hydrogen-bond acceptors (Lipinski definition) is 5. The number of amides is 2. The van der Waals surface area contributed by atoms with E-state index in [0.29, 0.717) is 5.69 Å². The van der Waals surface area contributed by atoms with Crippen LogP contribution < -0.4 is 21.1 Å². The molecule has 0 heterocycles. The summed E-state index contributed by atoms with van der Waals surface area (Å²) < 4.78 is 0. The van der Waals surface area contributed by atoms with E-state index < -0.39 is 16.5 Å². The van der Waals surface area contributed by atoms with Gasteiger partial charge in [0.2, 0.25) is 0 Å². The van der Waals surface area contributed by atoms with Crippen LogP contribution in [0.1, 0.15) is 11.1 Å². The molecule has 0 spiro atoms. The van der Waals surface area contributed by atoms with Crippen LogP contribution in [0.4, 0.5) is 27.5 Å². The van der Waals surface area contributed by atoms with Crippen molar-refractivity contribution in [1.82, 2.24) is 0 Å². The summed E-state index contributed by atoms with van der Waals surface area (Å²) in [6.07, 6.45) is 0. The van der Waals surface area contributed by atoms with Gasteiger partial charge in [-0.3, -0.25) is 0 Å². The van der Waals surface area contributed by atoms with Gasteiger partial charge in [-0.05, 0) is 31.0 Å². The summed E-state index contributed by atoms with van der Waals surface area (Å²) in [5.74, 6) is 0. The van der Waals surface area contributed by atoms with Crippen LogP contribution in [-0.4, -0.2) is 16.4 Å². The normalized spacial score (nSPS) is 13.2. The van der Waals surface area contributed by atoms with Crippen molar-refractivity contribution in [2.24, 2.45) is 0 Å². The van der Waals surface area contributed by atoms with Gasteiger partial charge in [0.1, 0.15) is 0 Å². The molecule has 0 saturated carbocycles. The van der Waals surface area contributed by atoms with Gasteiger partial charge in [0.25, 0.3) is 0 Å². The largest absolute Gasteiger partial charge is 0.595 e. The lowest BCUT2D eigenvalue weighted by atomic mass is 10.1. The molecular weight excluding hydrogens is 316 g/mol. The van der Waals surface area contributed by atoms with Crippen molar-refractivity contribution >= 4 is 28.8 Å². The SMILES string of the molecule is Cc1cccc(NC(=O)Nc2cc([NH+]([O-])O)cc([NH+]([O-])O)c2)c1C. The second kappa shape index (κ2) is 7.36. The number of anilines is 2. The third-order valence-corrected chi connectivity index (χ3v) is 3.54. The minimum Gasteiger partial charge on any atom is -0.595 e. The number of nitrogens with one attached hydrogen (secondary N) is 4. The van der Waals surface area contributed by atoms with Crippen molar-refractivity contribution in [1.29, 1.82) is 0 Å². The van der Waals surface area contributed by atoms with Crippen molar-refractivity contribution in [3.63, 3.8) is 0 Å². The van der Waals surface area contributed by atoms with Crippen molar-refractivity contribution in [3.8, 4) is 0 Å². The van der Waals surface area contributed by atoms with Crippen molar-refractivity contribution < 1.29 is 25.7 Å². The molecule has 9 nitrogen and oxygen atoms in total. The Labute approximate surface area is 137 Å². The molecule has 24 heavy (non-hydrogen) atoms. The fraction of sp³-hybridized carbons (Fsp3) is 0.133. The molecule has 2 atom stereocenters. The van der Waals surface area contributed by atoms with Gasteiger partial charge in [0.15, 0.2) is 11.4 Å². The molecule has 0 aromatic heterocycles. The fourth-order valence-corrected chi connectivity index (χ4v) is 2.12. The maximum Gasteiger partial charge on any atom is 0.323 e. The molecule has 2 rings (SSSR count). The summed E-state index contributed by atoms with van der Waals surface area (Å²) in [6, 6.07) is 8.26. The highest BCUT2D eigenvalue weighted by Gasteiger charge is 2.13. The van der Waals surface area contributed by atoms with Crippen LogP contribution in [-0.2, 0) is 0 Å². The van der Waals surface area contributed by atoms with Gasteiger partial charge >= 0.3 is 6.03 Å². The van der Waals surface area contributed by atoms with Crippen LogP contribution in [0.5, 0.6) is 0 Å². The standard InChI is InChI=1S/C15H18N4O5/c1-9-4-3-5-14(10(9)2)17-15(20)16-11-6-12(18(21)22)8-13(7-11)19(23)24/h3-8,18-19,21,23H,1-2H3,(H2,16,17,20). The average molecular weight is 334 g/mol. The van der Waals surface area contributed by atoms with Gasteiger partial charge in [-0.1, -0.05) is 12.1 Å². The highest BCUT2D eigenvalue weighted by molar-refractivity contribution is 6.00. The van der Waals surface area contributed by atoms with Crippen molar-refractivity contribution in [2.45, 2.75) is 13.8 Å². The zero-order chi connectivity index (χ0) is 17.9. The lowest BCUT2D eigenvalue weighted by Crippen LogP contribution is -3.00. The molecule has 128 valence electrons. The zero-order valence-electron chi connectivity index (χ0n) is 13.1. The first kappa shape index (κ1) is 17.8.